The first-order valence-corrected chi connectivity index (χ1v) is 10.3. The summed E-state index contributed by atoms with van der Waals surface area (Å²) in [4.78, 5) is 13.6. The van der Waals surface area contributed by atoms with E-state index < -0.39 is 0 Å². The fourth-order valence-electron chi connectivity index (χ4n) is 3.37. The second-order valence-electron chi connectivity index (χ2n) is 6.95. The molecule has 0 radical (unpaired) electrons. The van der Waals surface area contributed by atoms with Crippen molar-refractivity contribution in [3.8, 4) is 0 Å². The summed E-state index contributed by atoms with van der Waals surface area (Å²) in [6, 6.07) is 19.0. The molecule has 138 valence electrons. The van der Waals surface area contributed by atoms with Crippen LogP contribution in [0, 0.1) is 6.92 Å². The fourth-order valence-corrected chi connectivity index (χ4v) is 4.23. The highest BCUT2D eigenvalue weighted by Gasteiger charge is 2.34. The second-order valence-corrected chi connectivity index (χ2v) is 8.12. The molecule has 4 heteroatoms. The standard InChI is InChI=1S/C22H27NO2S/c1-18-7-9-20(10-8-18)26-16-11-21(24)23-17-22(12-14-25-15-13-22)19-5-3-2-4-6-19/h2-10H,11-17H2,1H3,(H,23,24). The Morgan fingerprint density at radius 3 is 2.46 bits per heavy atom. The summed E-state index contributed by atoms with van der Waals surface area (Å²) in [5.41, 5.74) is 2.56. The predicted octanol–water partition coefficient (Wildman–Crippen LogP) is 4.34. The summed E-state index contributed by atoms with van der Waals surface area (Å²) in [5.74, 6) is 0.933. The molecule has 0 atom stereocenters. The minimum Gasteiger partial charge on any atom is -0.381 e. The quantitative estimate of drug-likeness (QED) is 0.738. The molecule has 2 aromatic rings. The third-order valence-corrected chi connectivity index (χ3v) is 6.09. The van der Waals surface area contributed by atoms with E-state index in [-0.39, 0.29) is 11.3 Å². The molecule has 1 amide bonds. The minimum atomic E-state index is -0.000724. The van der Waals surface area contributed by atoms with Crippen LogP contribution in [0.4, 0.5) is 0 Å². The summed E-state index contributed by atoms with van der Waals surface area (Å²) >= 11 is 1.73. The summed E-state index contributed by atoms with van der Waals surface area (Å²) in [5, 5.41) is 3.18. The topological polar surface area (TPSA) is 38.3 Å². The summed E-state index contributed by atoms with van der Waals surface area (Å²) < 4.78 is 5.56. The lowest BCUT2D eigenvalue weighted by Crippen LogP contribution is -2.44. The van der Waals surface area contributed by atoms with Gasteiger partial charge in [-0.25, -0.2) is 0 Å². The molecular weight excluding hydrogens is 342 g/mol. The van der Waals surface area contributed by atoms with Gasteiger partial charge in [0.15, 0.2) is 0 Å². The summed E-state index contributed by atoms with van der Waals surface area (Å²) in [6.45, 7) is 4.29. The van der Waals surface area contributed by atoms with Crippen LogP contribution in [0.2, 0.25) is 0 Å². The number of rotatable bonds is 7. The number of hydrogen-bond donors (Lipinski definition) is 1. The van der Waals surface area contributed by atoms with E-state index in [1.807, 2.05) is 6.07 Å². The SMILES string of the molecule is Cc1ccc(SCCC(=O)NCC2(c3ccccc3)CCOCC2)cc1. The van der Waals surface area contributed by atoms with Crippen molar-refractivity contribution < 1.29 is 9.53 Å². The zero-order valence-corrected chi connectivity index (χ0v) is 16.2. The Bertz CT molecular complexity index is 694. The van der Waals surface area contributed by atoms with Crippen LogP contribution in [-0.4, -0.2) is 31.4 Å². The van der Waals surface area contributed by atoms with E-state index in [2.05, 4.69) is 60.8 Å². The van der Waals surface area contributed by atoms with E-state index >= 15 is 0 Å². The van der Waals surface area contributed by atoms with Gasteiger partial charge in [-0.2, -0.15) is 0 Å². The lowest BCUT2D eigenvalue weighted by Gasteiger charge is -2.38. The Morgan fingerprint density at radius 1 is 1.08 bits per heavy atom. The Hall–Kier alpha value is -1.78. The largest absolute Gasteiger partial charge is 0.381 e. The third-order valence-electron chi connectivity index (χ3n) is 5.08. The molecule has 1 saturated heterocycles. The number of benzene rings is 2. The molecule has 0 unspecified atom stereocenters. The number of nitrogens with one attached hydrogen (secondary N) is 1. The summed E-state index contributed by atoms with van der Waals surface area (Å²) in [7, 11) is 0. The van der Waals surface area contributed by atoms with Gasteiger partial charge in [-0.1, -0.05) is 48.0 Å². The van der Waals surface area contributed by atoms with Crippen molar-refractivity contribution in [3.63, 3.8) is 0 Å². The molecule has 0 saturated carbocycles. The van der Waals surface area contributed by atoms with E-state index in [0.29, 0.717) is 13.0 Å². The van der Waals surface area contributed by atoms with Crippen molar-refractivity contribution in [1.82, 2.24) is 5.32 Å². The Morgan fingerprint density at radius 2 is 1.77 bits per heavy atom. The zero-order chi connectivity index (χ0) is 18.2. The van der Waals surface area contributed by atoms with Gasteiger partial charge in [0.25, 0.3) is 0 Å². The molecule has 26 heavy (non-hydrogen) atoms. The van der Waals surface area contributed by atoms with E-state index in [9.17, 15) is 4.79 Å². The molecule has 1 aliphatic rings. The van der Waals surface area contributed by atoms with Crippen molar-refractivity contribution >= 4 is 17.7 Å². The van der Waals surface area contributed by atoms with Gasteiger partial charge in [0, 0.05) is 42.2 Å². The first-order chi connectivity index (χ1) is 12.7. The number of carbonyl (C=O) groups excluding carboxylic acids is 1. The average molecular weight is 370 g/mol. The van der Waals surface area contributed by atoms with Gasteiger partial charge in [-0.3, -0.25) is 4.79 Å². The van der Waals surface area contributed by atoms with Crippen LogP contribution in [0.15, 0.2) is 59.5 Å². The summed E-state index contributed by atoms with van der Waals surface area (Å²) in [6.07, 6.45) is 2.45. The Kier molecular flexibility index (Phi) is 6.75. The van der Waals surface area contributed by atoms with Gasteiger partial charge in [-0.05, 0) is 37.5 Å². The first-order valence-electron chi connectivity index (χ1n) is 9.27. The van der Waals surface area contributed by atoms with Crippen LogP contribution in [0.25, 0.3) is 0 Å². The van der Waals surface area contributed by atoms with Crippen molar-refractivity contribution in [3.05, 3.63) is 65.7 Å². The fraction of sp³-hybridized carbons (Fsp3) is 0.409. The van der Waals surface area contributed by atoms with Crippen LogP contribution >= 0.6 is 11.8 Å². The van der Waals surface area contributed by atoms with Gasteiger partial charge >= 0.3 is 0 Å². The molecule has 1 aliphatic heterocycles. The molecule has 1 fully saturated rings. The van der Waals surface area contributed by atoms with Gasteiger partial charge in [0.2, 0.25) is 5.91 Å². The number of thioether (sulfide) groups is 1. The maximum absolute atomic E-state index is 12.3. The molecule has 3 nitrogen and oxygen atoms in total. The second kappa shape index (κ2) is 9.24. The highest BCUT2D eigenvalue weighted by Crippen LogP contribution is 2.34. The molecule has 2 aromatic carbocycles. The maximum Gasteiger partial charge on any atom is 0.220 e. The first kappa shape index (κ1) is 19.0. The number of hydrogen-bond acceptors (Lipinski definition) is 3. The lowest BCUT2D eigenvalue weighted by molar-refractivity contribution is -0.121. The Labute approximate surface area is 160 Å². The van der Waals surface area contributed by atoms with E-state index in [1.165, 1.54) is 16.0 Å². The normalized spacial score (nSPS) is 16.2. The molecule has 1 N–H and O–H groups in total. The van der Waals surface area contributed by atoms with Crippen molar-refractivity contribution in [2.45, 2.75) is 36.5 Å². The average Bonchev–Trinajstić information content (AvgIpc) is 2.69. The molecule has 3 rings (SSSR count). The van der Waals surface area contributed by atoms with Gasteiger partial charge in [0.1, 0.15) is 0 Å². The highest BCUT2D eigenvalue weighted by molar-refractivity contribution is 7.99. The van der Waals surface area contributed by atoms with Crippen LogP contribution < -0.4 is 5.32 Å². The molecule has 0 aliphatic carbocycles. The van der Waals surface area contributed by atoms with Gasteiger partial charge < -0.3 is 10.1 Å². The monoisotopic (exact) mass is 369 g/mol. The zero-order valence-electron chi connectivity index (χ0n) is 15.4. The van der Waals surface area contributed by atoms with Crippen molar-refractivity contribution in [2.75, 3.05) is 25.5 Å². The van der Waals surface area contributed by atoms with E-state index in [0.717, 1.165) is 31.8 Å². The van der Waals surface area contributed by atoms with Crippen LogP contribution in [0.1, 0.15) is 30.4 Å². The van der Waals surface area contributed by atoms with Crippen LogP contribution in [-0.2, 0) is 14.9 Å². The molecular formula is C22H27NO2S. The van der Waals surface area contributed by atoms with Crippen LogP contribution in [0.5, 0.6) is 0 Å². The van der Waals surface area contributed by atoms with E-state index in [1.54, 1.807) is 11.8 Å². The highest BCUT2D eigenvalue weighted by atomic mass is 32.2. The molecule has 0 spiro atoms. The smallest absolute Gasteiger partial charge is 0.220 e. The number of carbonyl (C=O) groups is 1. The predicted molar refractivity (Wildman–Crippen MR) is 108 cm³/mol. The maximum atomic E-state index is 12.3. The van der Waals surface area contributed by atoms with Gasteiger partial charge in [0.05, 0.1) is 0 Å². The van der Waals surface area contributed by atoms with Gasteiger partial charge in [-0.15, -0.1) is 11.8 Å². The molecule has 1 heterocycles. The number of ether oxygens (including phenoxy) is 1. The number of amides is 1. The Balaban J connectivity index is 1.50. The van der Waals surface area contributed by atoms with Crippen LogP contribution in [0.3, 0.4) is 0 Å². The molecule has 0 bridgehead atoms. The third kappa shape index (κ3) is 5.12. The molecule has 0 aromatic heterocycles. The van der Waals surface area contributed by atoms with Crippen molar-refractivity contribution in [2.24, 2.45) is 0 Å². The number of aryl methyl sites for hydroxylation is 1. The van der Waals surface area contributed by atoms with Crippen molar-refractivity contribution in [1.29, 1.82) is 0 Å². The minimum absolute atomic E-state index is 0.000724. The van der Waals surface area contributed by atoms with E-state index in [4.69, 9.17) is 4.74 Å². The lowest BCUT2D eigenvalue weighted by atomic mass is 9.74.